The second-order valence-corrected chi connectivity index (χ2v) is 8.80. The normalized spacial score (nSPS) is 17.7. The van der Waals surface area contributed by atoms with Crippen molar-refractivity contribution in [2.24, 2.45) is 5.16 Å². The van der Waals surface area contributed by atoms with Gasteiger partial charge in [0.15, 0.2) is 5.82 Å². The van der Waals surface area contributed by atoms with Crippen LogP contribution in [0.1, 0.15) is 33.5 Å². The summed E-state index contributed by atoms with van der Waals surface area (Å²) >= 11 is 11.4. The van der Waals surface area contributed by atoms with Crippen molar-refractivity contribution in [3.63, 3.8) is 0 Å². The molecule has 0 aromatic heterocycles. The van der Waals surface area contributed by atoms with Gasteiger partial charge in [-0.2, -0.15) is 26.3 Å². The summed E-state index contributed by atoms with van der Waals surface area (Å²) in [6.07, 6.45) is -10.4. The van der Waals surface area contributed by atoms with Gasteiger partial charge in [-0.25, -0.2) is 4.39 Å². The van der Waals surface area contributed by atoms with E-state index in [-0.39, 0.29) is 22.4 Å². The van der Waals surface area contributed by atoms with Gasteiger partial charge in [0, 0.05) is 17.5 Å². The lowest BCUT2D eigenvalue weighted by Crippen LogP contribution is -2.42. The SMILES string of the molecule is Cc1cc(C2=NOC(c3cc(Cl)c(F)c(Cl)c3)(C(F)(F)F)C2)ccc1C(=O)NCC(=O)NCC(F)(F)F. The van der Waals surface area contributed by atoms with Crippen LogP contribution in [0.2, 0.25) is 10.0 Å². The molecule has 200 valence electrons. The summed E-state index contributed by atoms with van der Waals surface area (Å²) in [6.45, 7) is -0.835. The summed E-state index contributed by atoms with van der Waals surface area (Å²) in [5, 5.41) is 6.05. The van der Waals surface area contributed by atoms with Gasteiger partial charge in [-0.15, -0.1) is 0 Å². The number of hydrogen-bond donors (Lipinski definition) is 2. The van der Waals surface area contributed by atoms with E-state index in [1.807, 2.05) is 0 Å². The maximum absolute atomic E-state index is 14.1. The van der Waals surface area contributed by atoms with E-state index in [4.69, 9.17) is 28.0 Å². The monoisotopic (exact) mass is 573 g/mol. The van der Waals surface area contributed by atoms with E-state index in [0.717, 1.165) is 12.1 Å². The first-order valence-corrected chi connectivity index (χ1v) is 11.0. The average Bonchev–Trinajstić information content (AvgIpc) is 3.26. The van der Waals surface area contributed by atoms with Crippen molar-refractivity contribution in [3.8, 4) is 0 Å². The Morgan fingerprint density at radius 3 is 2.22 bits per heavy atom. The van der Waals surface area contributed by atoms with Gasteiger partial charge >= 0.3 is 12.4 Å². The maximum Gasteiger partial charge on any atom is 0.435 e. The molecule has 2 aromatic carbocycles. The minimum Gasteiger partial charge on any atom is -0.374 e. The molecule has 6 nitrogen and oxygen atoms in total. The molecule has 1 heterocycles. The first-order valence-electron chi connectivity index (χ1n) is 10.2. The highest BCUT2D eigenvalue weighted by atomic mass is 35.5. The van der Waals surface area contributed by atoms with Gasteiger partial charge in [-0.1, -0.05) is 34.4 Å². The van der Waals surface area contributed by atoms with Crippen molar-refractivity contribution in [1.29, 1.82) is 0 Å². The number of halogens is 9. The van der Waals surface area contributed by atoms with Gasteiger partial charge in [0.05, 0.1) is 22.3 Å². The van der Waals surface area contributed by atoms with E-state index in [2.05, 4.69) is 10.5 Å². The molecule has 0 aliphatic carbocycles. The van der Waals surface area contributed by atoms with Crippen molar-refractivity contribution < 1.29 is 45.2 Å². The third-order valence-corrected chi connectivity index (χ3v) is 5.89. The van der Waals surface area contributed by atoms with Gasteiger partial charge in [0.2, 0.25) is 5.91 Å². The Balaban J connectivity index is 1.77. The lowest BCUT2D eigenvalue weighted by atomic mass is 9.86. The van der Waals surface area contributed by atoms with Crippen LogP contribution in [-0.2, 0) is 15.2 Å². The molecule has 37 heavy (non-hydrogen) atoms. The lowest BCUT2D eigenvalue weighted by molar-refractivity contribution is -0.275. The summed E-state index contributed by atoms with van der Waals surface area (Å²) in [5.74, 6) is -2.95. The van der Waals surface area contributed by atoms with Gasteiger partial charge in [-0.05, 0) is 42.3 Å². The average molecular weight is 574 g/mol. The number of benzene rings is 2. The van der Waals surface area contributed by atoms with E-state index in [0.29, 0.717) is 0 Å². The second-order valence-electron chi connectivity index (χ2n) is 7.99. The number of amides is 2. The van der Waals surface area contributed by atoms with Crippen LogP contribution in [0.25, 0.3) is 0 Å². The van der Waals surface area contributed by atoms with Gasteiger partial charge in [0.25, 0.3) is 11.5 Å². The maximum atomic E-state index is 14.1. The van der Waals surface area contributed by atoms with Crippen molar-refractivity contribution in [2.45, 2.75) is 31.3 Å². The number of carbonyl (C=O) groups excluding carboxylic acids is 2. The Bertz CT molecular complexity index is 1240. The number of hydrogen-bond acceptors (Lipinski definition) is 4. The van der Waals surface area contributed by atoms with Gasteiger partial charge in [-0.3, -0.25) is 9.59 Å². The summed E-state index contributed by atoms with van der Waals surface area (Å²) in [4.78, 5) is 28.7. The number of alkyl halides is 6. The number of nitrogens with one attached hydrogen (secondary N) is 2. The van der Waals surface area contributed by atoms with E-state index in [1.165, 1.54) is 25.1 Å². The minimum atomic E-state index is -5.01. The Hall–Kier alpha value is -3.06. The highest BCUT2D eigenvalue weighted by molar-refractivity contribution is 6.35. The molecule has 0 bridgehead atoms. The number of nitrogens with zero attached hydrogens (tertiary/aromatic N) is 1. The van der Waals surface area contributed by atoms with Crippen LogP contribution < -0.4 is 10.6 Å². The summed E-state index contributed by atoms with van der Waals surface area (Å²) in [7, 11) is 0. The highest BCUT2D eigenvalue weighted by Crippen LogP contribution is 2.50. The lowest BCUT2D eigenvalue weighted by Gasteiger charge is -2.29. The molecule has 3 rings (SSSR count). The Kier molecular flexibility index (Phi) is 7.99. The van der Waals surface area contributed by atoms with Crippen LogP contribution in [0.4, 0.5) is 30.7 Å². The number of rotatable bonds is 6. The zero-order chi connectivity index (χ0) is 27.8. The Labute approximate surface area is 214 Å². The molecule has 1 atom stereocenters. The molecule has 0 saturated carbocycles. The third-order valence-electron chi connectivity index (χ3n) is 5.34. The Morgan fingerprint density at radius 2 is 1.68 bits per heavy atom. The van der Waals surface area contributed by atoms with Crippen molar-refractivity contribution in [3.05, 3.63) is 68.4 Å². The summed E-state index contributed by atoms with van der Waals surface area (Å²) in [5.41, 5.74) is -3.25. The molecule has 1 unspecified atom stereocenters. The highest BCUT2D eigenvalue weighted by Gasteiger charge is 2.62. The van der Waals surface area contributed by atoms with E-state index < -0.39 is 70.7 Å². The fourth-order valence-electron chi connectivity index (χ4n) is 3.46. The molecule has 2 amide bonds. The summed E-state index contributed by atoms with van der Waals surface area (Å²) in [6, 6.07) is 5.37. The zero-order valence-electron chi connectivity index (χ0n) is 18.6. The molecule has 2 aromatic rings. The molecule has 0 fully saturated rings. The fraction of sp³-hybridized carbons (Fsp3) is 0.318. The van der Waals surface area contributed by atoms with Crippen LogP contribution in [-0.4, -0.2) is 43.0 Å². The minimum absolute atomic E-state index is 0.0195. The van der Waals surface area contributed by atoms with Crippen molar-refractivity contribution in [2.75, 3.05) is 13.1 Å². The molecular formula is C22H16Cl2F7N3O3. The summed E-state index contributed by atoms with van der Waals surface area (Å²) < 4.78 is 92.7. The number of carbonyl (C=O) groups is 2. The van der Waals surface area contributed by atoms with E-state index >= 15 is 0 Å². The first kappa shape index (κ1) is 28.5. The third kappa shape index (κ3) is 6.27. The molecule has 1 aliphatic rings. The largest absolute Gasteiger partial charge is 0.435 e. The predicted molar refractivity (Wildman–Crippen MR) is 119 cm³/mol. The molecule has 0 spiro atoms. The van der Waals surface area contributed by atoms with E-state index in [9.17, 15) is 40.3 Å². The smallest absolute Gasteiger partial charge is 0.374 e. The van der Waals surface area contributed by atoms with E-state index in [1.54, 1.807) is 5.32 Å². The fourth-order valence-corrected chi connectivity index (χ4v) is 3.95. The number of oxime groups is 1. The standard InChI is InChI=1S/C22H16Cl2F7N3O3/c1-10-4-11(2-3-13(10)19(36)32-8-17(35)33-9-21(26,27)28)16-7-20(37-34-16,22(29,30)31)12-5-14(23)18(25)15(24)6-12/h2-6H,7-9H2,1H3,(H,32,36)(H,33,35). The van der Waals surface area contributed by atoms with Crippen molar-refractivity contribution >= 4 is 40.7 Å². The quantitative estimate of drug-likeness (QED) is 0.357. The topological polar surface area (TPSA) is 79.8 Å². The molecule has 2 N–H and O–H groups in total. The number of aryl methyl sites for hydroxylation is 1. The molecular weight excluding hydrogens is 558 g/mol. The predicted octanol–water partition coefficient (Wildman–Crippen LogP) is 5.43. The zero-order valence-corrected chi connectivity index (χ0v) is 20.1. The van der Waals surface area contributed by atoms with Crippen LogP contribution in [0, 0.1) is 12.7 Å². The van der Waals surface area contributed by atoms with Crippen LogP contribution >= 0.6 is 23.2 Å². The van der Waals surface area contributed by atoms with Crippen LogP contribution in [0.15, 0.2) is 35.5 Å². The van der Waals surface area contributed by atoms with Crippen LogP contribution in [0.3, 0.4) is 0 Å². The molecule has 0 saturated heterocycles. The van der Waals surface area contributed by atoms with Gasteiger partial charge < -0.3 is 15.5 Å². The first-order chi connectivity index (χ1) is 17.0. The molecule has 15 heteroatoms. The van der Waals surface area contributed by atoms with Crippen LogP contribution in [0.5, 0.6) is 0 Å². The molecule has 1 aliphatic heterocycles. The molecule has 0 radical (unpaired) electrons. The Morgan fingerprint density at radius 1 is 1.05 bits per heavy atom. The van der Waals surface area contributed by atoms with Crippen molar-refractivity contribution in [1.82, 2.24) is 10.6 Å². The van der Waals surface area contributed by atoms with Gasteiger partial charge in [0.1, 0.15) is 6.54 Å². The second kappa shape index (κ2) is 10.4.